The van der Waals surface area contributed by atoms with Crippen molar-refractivity contribution in [2.75, 3.05) is 44.2 Å². The number of piperazine rings is 1. The summed E-state index contributed by atoms with van der Waals surface area (Å²) < 4.78 is 5.69. The van der Waals surface area contributed by atoms with Crippen molar-refractivity contribution >= 4 is 11.6 Å². The Labute approximate surface area is 167 Å². The predicted molar refractivity (Wildman–Crippen MR) is 112 cm³/mol. The van der Waals surface area contributed by atoms with Gasteiger partial charge in [0.25, 0.3) is 0 Å². The number of nitrogens with zero attached hydrogens (tertiary/aromatic N) is 2. The van der Waals surface area contributed by atoms with Gasteiger partial charge in [-0.25, -0.2) is 0 Å². The van der Waals surface area contributed by atoms with E-state index in [1.54, 1.807) is 0 Å². The minimum Gasteiger partial charge on any atom is -0.493 e. The third-order valence-electron chi connectivity index (χ3n) is 5.95. The second-order valence-electron chi connectivity index (χ2n) is 7.78. The van der Waals surface area contributed by atoms with Crippen LogP contribution in [0.15, 0.2) is 42.5 Å². The maximum absolute atomic E-state index is 12.6. The van der Waals surface area contributed by atoms with E-state index in [1.165, 1.54) is 16.8 Å². The highest BCUT2D eigenvalue weighted by Gasteiger charge is 2.25. The first-order valence-electron chi connectivity index (χ1n) is 10.2. The number of anilines is 1. The van der Waals surface area contributed by atoms with Crippen LogP contribution in [0.2, 0.25) is 0 Å². The summed E-state index contributed by atoms with van der Waals surface area (Å²) >= 11 is 0. The van der Waals surface area contributed by atoms with Crippen molar-refractivity contribution < 1.29 is 9.53 Å². The number of ether oxygens (including phenoxy) is 1. The summed E-state index contributed by atoms with van der Waals surface area (Å²) in [5.41, 5.74) is 5.09. The maximum Gasteiger partial charge on any atom is 0.234 e. The molecule has 2 aromatic rings. The lowest BCUT2D eigenvalue weighted by atomic mass is 10.0. The SMILES string of the molecule is Cc1cccc(N2CCN(CC(=O)NC3CCOc4ccccc43)CC2)c1C. The average molecular weight is 380 g/mol. The van der Waals surface area contributed by atoms with Crippen molar-refractivity contribution in [3.63, 3.8) is 0 Å². The van der Waals surface area contributed by atoms with Crippen LogP contribution in [0.3, 0.4) is 0 Å². The molecule has 5 nitrogen and oxygen atoms in total. The first kappa shape index (κ1) is 18.8. The Hall–Kier alpha value is -2.53. The van der Waals surface area contributed by atoms with Gasteiger partial charge in [0, 0.05) is 43.9 Å². The highest BCUT2D eigenvalue weighted by Crippen LogP contribution is 2.31. The molecule has 0 aliphatic carbocycles. The Balaban J connectivity index is 1.31. The lowest BCUT2D eigenvalue weighted by molar-refractivity contribution is -0.123. The van der Waals surface area contributed by atoms with Crippen LogP contribution < -0.4 is 15.0 Å². The predicted octanol–water partition coefficient (Wildman–Crippen LogP) is 3.07. The third kappa shape index (κ3) is 3.99. The summed E-state index contributed by atoms with van der Waals surface area (Å²) in [4.78, 5) is 17.3. The van der Waals surface area contributed by atoms with E-state index in [4.69, 9.17) is 4.74 Å². The summed E-state index contributed by atoms with van der Waals surface area (Å²) in [6, 6.07) is 14.5. The number of amides is 1. The molecule has 1 fully saturated rings. The van der Waals surface area contributed by atoms with Crippen LogP contribution in [0.5, 0.6) is 5.75 Å². The fourth-order valence-electron chi connectivity index (χ4n) is 4.16. The molecule has 0 aromatic heterocycles. The fraction of sp³-hybridized carbons (Fsp3) is 0.435. The molecule has 0 saturated carbocycles. The zero-order chi connectivity index (χ0) is 19.5. The second kappa shape index (κ2) is 8.23. The molecule has 1 amide bonds. The van der Waals surface area contributed by atoms with Crippen LogP contribution >= 0.6 is 0 Å². The number of hydrogen-bond acceptors (Lipinski definition) is 4. The van der Waals surface area contributed by atoms with Crippen molar-refractivity contribution in [2.24, 2.45) is 0 Å². The molecule has 2 heterocycles. The minimum absolute atomic E-state index is 0.0497. The van der Waals surface area contributed by atoms with Gasteiger partial charge in [-0.05, 0) is 37.1 Å². The molecule has 1 unspecified atom stereocenters. The molecule has 1 saturated heterocycles. The van der Waals surface area contributed by atoms with Gasteiger partial charge in [-0.1, -0.05) is 30.3 Å². The van der Waals surface area contributed by atoms with Gasteiger partial charge >= 0.3 is 0 Å². The Morgan fingerprint density at radius 3 is 2.68 bits per heavy atom. The van der Waals surface area contributed by atoms with Gasteiger partial charge in [0.15, 0.2) is 0 Å². The van der Waals surface area contributed by atoms with E-state index in [0.717, 1.165) is 43.9 Å². The zero-order valence-electron chi connectivity index (χ0n) is 16.8. The number of benzene rings is 2. The number of hydrogen-bond donors (Lipinski definition) is 1. The van der Waals surface area contributed by atoms with Gasteiger partial charge in [-0.3, -0.25) is 9.69 Å². The second-order valence-corrected chi connectivity index (χ2v) is 7.78. The molecule has 2 aliphatic rings. The maximum atomic E-state index is 12.6. The number of aryl methyl sites for hydroxylation is 1. The first-order chi connectivity index (χ1) is 13.6. The highest BCUT2D eigenvalue weighted by atomic mass is 16.5. The number of rotatable bonds is 4. The van der Waals surface area contributed by atoms with E-state index in [2.05, 4.69) is 47.2 Å². The topological polar surface area (TPSA) is 44.8 Å². The molecule has 2 aliphatic heterocycles. The van der Waals surface area contributed by atoms with Crippen molar-refractivity contribution in [3.8, 4) is 5.75 Å². The molecule has 0 spiro atoms. The summed E-state index contributed by atoms with van der Waals surface area (Å²) in [5, 5.41) is 3.21. The van der Waals surface area contributed by atoms with Crippen LogP contribution in [-0.2, 0) is 4.79 Å². The van der Waals surface area contributed by atoms with Gasteiger partial charge in [-0.2, -0.15) is 0 Å². The third-order valence-corrected chi connectivity index (χ3v) is 5.95. The normalized spacial score (nSPS) is 19.6. The fourth-order valence-corrected chi connectivity index (χ4v) is 4.16. The lowest BCUT2D eigenvalue weighted by Gasteiger charge is -2.37. The summed E-state index contributed by atoms with van der Waals surface area (Å²) in [6.45, 7) is 9.19. The van der Waals surface area contributed by atoms with Crippen molar-refractivity contribution in [1.82, 2.24) is 10.2 Å². The minimum atomic E-state index is 0.0497. The van der Waals surface area contributed by atoms with Crippen LogP contribution in [0.1, 0.15) is 29.2 Å². The van der Waals surface area contributed by atoms with E-state index in [0.29, 0.717) is 13.2 Å². The lowest BCUT2D eigenvalue weighted by Crippen LogP contribution is -2.50. The van der Waals surface area contributed by atoms with Gasteiger partial charge in [-0.15, -0.1) is 0 Å². The van der Waals surface area contributed by atoms with E-state index in [1.807, 2.05) is 24.3 Å². The largest absolute Gasteiger partial charge is 0.493 e. The average Bonchev–Trinajstić information content (AvgIpc) is 2.71. The van der Waals surface area contributed by atoms with Crippen molar-refractivity contribution in [2.45, 2.75) is 26.3 Å². The van der Waals surface area contributed by atoms with Gasteiger partial charge in [0.05, 0.1) is 19.2 Å². The standard InChI is InChI=1S/C23H29N3O2/c1-17-6-5-8-21(18(17)2)26-13-11-25(12-14-26)16-23(27)24-20-10-15-28-22-9-4-3-7-19(20)22/h3-9,20H,10-16H2,1-2H3,(H,24,27). The Bertz CT molecular complexity index is 843. The molecule has 148 valence electrons. The Morgan fingerprint density at radius 2 is 1.86 bits per heavy atom. The molecule has 4 rings (SSSR count). The molecule has 0 bridgehead atoms. The quantitative estimate of drug-likeness (QED) is 0.887. The van der Waals surface area contributed by atoms with Crippen LogP contribution in [0, 0.1) is 13.8 Å². The highest BCUT2D eigenvalue weighted by molar-refractivity contribution is 5.78. The zero-order valence-corrected chi connectivity index (χ0v) is 16.8. The summed E-state index contributed by atoms with van der Waals surface area (Å²) in [7, 11) is 0. The van der Waals surface area contributed by atoms with Crippen LogP contribution in [-0.4, -0.2) is 50.1 Å². The smallest absolute Gasteiger partial charge is 0.234 e. The molecule has 2 aromatic carbocycles. The molecular weight excluding hydrogens is 350 g/mol. The summed E-state index contributed by atoms with van der Waals surface area (Å²) in [5.74, 6) is 0.989. The van der Waals surface area contributed by atoms with Crippen LogP contribution in [0.4, 0.5) is 5.69 Å². The first-order valence-corrected chi connectivity index (χ1v) is 10.2. The Kier molecular flexibility index (Phi) is 5.53. The van der Waals surface area contributed by atoms with Gasteiger partial charge in [0.2, 0.25) is 5.91 Å². The molecular formula is C23H29N3O2. The molecule has 5 heteroatoms. The number of fused-ring (bicyclic) bond motifs is 1. The molecule has 0 radical (unpaired) electrons. The van der Waals surface area contributed by atoms with E-state index in [9.17, 15) is 4.79 Å². The number of para-hydroxylation sites is 1. The molecule has 1 atom stereocenters. The number of carbonyl (C=O) groups excluding carboxylic acids is 1. The van der Waals surface area contributed by atoms with E-state index < -0.39 is 0 Å². The van der Waals surface area contributed by atoms with Gasteiger partial charge < -0.3 is 15.0 Å². The monoisotopic (exact) mass is 379 g/mol. The number of carbonyl (C=O) groups is 1. The van der Waals surface area contributed by atoms with E-state index in [-0.39, 0.29) is 11.9 Å². The molecule has 28 heavy (non-hydrogen) atoms. The Morgan fingerprint density at radius 1 is 1.07 bits per heavy atom. The van der Waals surface area contributed by atoms with Crippen molar-refractivity contribution in [3.05, 3.63) is 59.2 Å². The summed E-state index contributed by atoms with van der Waals surface area (Å²) in [6.07, 6.45) is 0.823. The molecule has 1 N–H and O–H groups in total. The number of nitrogens with one attached hydrogen (secondary N) is 1. The van der Waals surface area contributed by atoms with Crippen molar-refractivity contribution in [1.29, 1.82) is 0 Å². The van der Waals surface area contributed by atoms with E-state index >= 15 is 0 Å². The van der Waals surface area contributed by atoms with Crippen LogP contribution in [0.25, 0.3) is 0 Å². The van der Waals surface area contributed by atoms with Gasteiger partial charge in [0.1, 0.15) is 5.75 Å².